The SMILES string of the molecule is Fc1ccc(C2C=C(CCl)NO2)cc1. The molecule has 0 saturated carbocycles. The van der Waals surface area contributed by atoms with Gasteiger partial charge in [-0.15, -0.1) is 11.6 Å². The fraction of sp³-hybridized carbons (Fsp3) is 0.200. The van der Waals surface area contributed by atoms with Gasteiger partial charge in [0.2, 0.25) is 0 Å². The minimum absolute atomic E-state index is 0.177. The van der Waals surface area contributed by atoms with Gasteiger partial charge in [-0.25, -0.2) is 4.39 Å². The fourth-order valence-corrected chi connectivity index (χ4v) is 1.42. The van der Waals surface area contributed by atoms with E-state index < -0.39 is 0 Å². The van der Waals surface area contributed by atoms with Crippen molar-refractivity contribution in [1.82, 2.24) is 5.48 Å². The molecule has 0 fully saturated rings. The van der Waals surface area contributed by atoms with Gasteiger partial charge in [0.25, 0.3) is 0 Å². The molecule has 0 bridgehead atoms. The molecule has 1 aliphatic heterocycles. The lowest BCUT2D eigenvalue weighted by Gasteiger charge is -2.06. The van der Waals surface area contributed by atoms with Crippen molar-refractivity contribution < 1.29 is 9.23 Å². The predicted octanol–water partition coefficient (Wildman–Crippen LogP) is 2.52. The van der Waals surface area contributed by atoms with E-state index >= 15 is 0 Å². The summed E-state index contributed by atoms with van der Waals surface area (Å²) in [5.41, 5.74) is 4.44. The first-order valence-electron chi connectivity index (χ1n) is 4.23. The first-order valence-corrected chi connectivity index (χ1v) is 4.77. The van der Waals surface area contributed by atoms with E-state index in [1.165, 1.54) is 12.1 Å². The van der Waals surface area contributed by atoms with Crippen LogP contribution in [0.5, 0.6) is 0 Å². The summed E-state index contributed by atoms with van der Waals surface area (Å²) < 4.78 is 12.6. The van der Waals surface area contributed by atoms with Crippen LogP contribution in [0.2, 0.25) is 0 Å². The summed E-state index contributed by atoms with van der Waals surface area (Å²) in [6.45, 7) is 0. The zero-order valence-electron chi connectivity index (χ0n) is 7.34. The van der Waals surface area contributed by atoms with E-state index in [2.05, 4.69) is 5.48 Å². The van der Waals surface area contributed by atoms with Gasteiger partial charge in [-0.3, -0.25) is 10.3 Å². The molecule has 14 heavy (non-hydrogen) atoms. The maximum absolute atomic E-state index is 12.6. The van der Waals surface area contributed by atoms with Gasteiger partial charge in [-0.1, -0.05) is 12.1 Å². The number of benzene rings is 1. The Morgan fingerprint density at radius 3 is 2.64 bits per heavy atom. The molecule has 1 aliphatic rings. The van der Waals surface area contributed by atoms with Gasteiger partial charge in [-0.2, -0.15) is 0 Å². The number of alkyl halides is 1. The van der Waals surface area contributed by atoms with Crippen LogP contribution in [-0.4, -0.2) is 5.88 Å². The molecular formula is C10H9ClFNO. The molecule has 1 aromatic carbocycles. The Balaban J connectivity index is 2.17. The van der Waals surface area contributed by atoms with Crippen LogP contribution >= 0.6 is 11.6 Å². The summed E-state index contributed by atoms with van der Waals surface area (Å²) in [5.74, 6) is 0.138. The lowest BCUT2D eigenvalue weighted by atomic mass is 10.1. The summed E-state index contributed by atoms with van der Waals surface area (Å²) in [7, 11) is 0. The van der Waals surface area contributed by atoms with Crippen molar-refractivity contribution in [2.24, 2.45) is 0 Å². The van der Waals surface area contributed by atoms with Crippen LogP contribution in [0.1, 0.15) is 11.7 Å². The first-order chi connectivity index (χ1) is 6.79. The molecule has 4 heteroatoms. The van der Waals surface area contributed by atoms with Crippen molar-refractivity contribution >= 4 is 11.6 Å². The van der Waals surface area contributed by atoms with Gasteiger partial charge in [0.1, 0.15) is 11.9 Å². The van der Waals surface area contributed by atoms with E-state index in [9.17, 15) is 4.39 Å². The predicted molar refractivity (Wildman–Crippen MR) is 52.2 cm³/mol. The zero-order valence-corrected chi connectivity index (χ0v) is 8.09. The number of rotatable bonds is 2. The molecule has 2 rings (SSSR count). The summed E-state index contributed by atoms with van der Waals surface area (Å²) in [4.78, 5) is 5.23. The lowest BCUT2D eigenvalue weighted by Crippen LogP contribution is -2.08. The molecule has 1 aromatic rings. The molecule has 1 unspecified atom stereocenters. The average Bonchev–Trinajstić information content (AvgIpc) is 2.67. The van der Waals surface area contributed by atoms with E-state index in [0.29, 0.717) is 5.88 Å². The van der Waals surface area contributed by atoms with Gasteiger partial charge in [-0.05, 0) is 23.8 Å². The van der Waals surface area contributed by atoms with Crippen molar-refractivity contribution in [1.29, 1.82) is 0 Å². The highest BCUT2D eigenvalue weighted by molar-refractivity contribution is 6.19. The molecule has 0 saturated heterocycles. The molecule has 0 spiro atoms. The molecule has 1 atom stereocenters. The number of halogens is 2. The molecule has 1 N–H and O–H groups in total. The molecule has 0 aliphatic carbocycles. The van der Waals surface area contributed by atoms with Crippen molar-refractivity contribution in [2.75, 3.05) is 5.88 Å². The maximum Gasteiger partial charge on any atom is 0.131 e. The lowest BCUT2D eigenvalue weighted by molar-refractivity contribution is 0.0423. The van der Waals surface area contributed by atoms with E-state index in [1.54, 1.807) is 12.1 Å². The Kier molecular flexibility index (Phi) is 2.70. The average molecular weight is 214 g/mol. The smallest absolute Gasteiger partial charge is 0.131 e. The first kappa shape index (κ1) is 9.49. The number of hydrogen-bond donors (Lipinski definition) is 1. The van der Waals surface area contributed by atoms with E-state index in [4.69, 9.17) is 16.4 Å². The third-order valence-corrected chi connectivity index (χ3v) is 2.30. The van der Waals surface area contributed by atoms with E-state index in [-0.39, 0.29) is 11.9 Å². The van der Waals surface area contributed by atoms with Crippen LogP contribution in [0.15, 0.2) is 36.0 Å². The van der Waals surface area contributed by atoms with Gasteiger partial charge in [0.15, 0.2) is 0 Å². The topological polar surface area (TPSA) is 21.3 Å². The molecule has 0 radical (unpaired) electrons. The second-order valence-electron chi connectivity index (χ2n) is 3.02. The zero-order chi connectivity index (χ0) is 9.97. The third kappa shape index (κ3) is 1.89. The largest absolute Gasteiger partial charge is 0.269 e. The number of nitrogens with one attached hydrogen (secondary N) is 1. The molecular weight excluding hydrogens is 205 g/mol. The Morgan fingerprint density at radius 1 is 1.36 bits per heavy atom. The Morgan fingerprint density at radius 2 is 2.07 bits per heavy atom. The van der Waals surface area contributed by atoms with Gasteiger partial charge >= 0.3 is 0 Å². The van der Waals surface area contributed by atoms with Crippen LogP contribution in [-0.2, 0) is 4.84 Å². The van der Waals surface area contributed by atoms with Crippen molar-refractivity contribution in [3.8, 4) is 0 Å². The van der Waals surface area contributed by atoms with Crippen molar-refractivity contribution in [3.05, 3.63) is 47.4 Å². The van der Waals surface area contributed by atoms with Crippen molar-refractivity contribution in [2.45, 2.75) is 6.10 Å². The van der Waals surface area contributed by atoms with Gasteiger partial charge < -0.3 is 0 Å². The third-order valence-electron chi connectivity index (χ3n) is 2.01. The van der Waals surface area contributed by atoms with E-state index in [1.807, 2.05) is 6.08 Å². The molecule has 0 amide bonds. The van der Waals surface area contributed by atoms with E-state index in [0.717, 1.165) is 11.3 Å². The fourth-order valence-electron chi connectivity index (χ4n) is 1.28. The summed E-state index contributed by atoms with van der Waals surface area (Å²) in [6, 6.07) is 6.20. The van der Waals surface area contributed by atoms with Gasteiger partial charge in [0, 0.05) is 0 Å². The Bertz CT molecular complexity index is 350. The number of allylic oxidation sites excluding steroid dienone is 1. The van der Waals surface area contributed by atoms with Crippen molar-refractivity contribution in [3.63, 3.8) is 0 Å². The maximum atomic E-state index is 12.6. The highest BCUT2D eigenvalue weighted by atomic mass is 35.5. The number of hydroxylamine groups is 1. The standard InChI is InChI=1S/C10H9ClFNO/c11-6-9-5-10(14-13-9)7-1-3-8(12)4-2-7/h1-5,10,13H,6H2. The quantitative estimate of drug-likeness (QED) is 0.763. The summed E-state index contributed by atoms with van der Waals surface area (Å²) >= 11 is 5.62. The van der Waals surface area contributed by atoms with Crippen LogP contribution < -0.4 is 5.48 Å². The normalized spacial score (nSPS) is 20.4. The second-order valence-corrected chi connectivity index (χ2v) is 3.28. The van der Waals surface area contributed by atoms with Crippen LogP contribution in [0.3, 0.4) is 0 Å². The second kappa shape index (κ2) is 3.98. The highest BCUT2D eigenvalue weighted by Gasteiger charge is 2.17. The summed E-state index contributed by atoms with van der Waals surface area (Å²) in [6.07, 6.45) is 1.70. The monoisotopic (exact) mass is 213 g/mol. The van der Waals surface area contributed by atoms with Crippen LogP contribution in [0.25, 0.3) is 0 Å². The van der Waals surface area contributed by atoms with Crippen LogP contribution in [0.4, 0.5) is 4.39 Å². The summed E-state index contributed by atoms with van der Waals surface area (Å²) in [5, 5.41) is 0. The Labute approximate surface area is 86.3 Å². The highest BCUT2D eigenvalue weighted by Crippen LogP contribution is 2.24. The minimum atomic E-state index is -0.249. The minimum Gasteiger partial charge on any atom is -0.269 e. The molecule has 1 heterocycles. The molecule has 0 aromatic heterocycles. The Hall–Kier alpha value is -1.06. The molecule has 2 nitrogen and oxygen atoms in total. The van der Waals surface area contributed by atoms with Gasteiger partial charge in [0.05, 0.1) is 11.6 Å². The molecule has 74 valence electrons. The van der Waals surface area contributed by atoms with Crippen LogP contribution in [0, 0.1) is 5.82 Å². The number of hydrogen-bond acceptors (Lipinski definition) is 2.